The van der Waals surface area contributed by atoms with E-state index < -0.39 is 5.97 Å². The standard InChI is InChI=1S/C21H15ClN6O3/c1-11-25-14-3-2-13(6-16(14)26-11)31-18-5-4-15-21(20(18)22)27-17(8-23-15)12-7-24-28(9-12)10-19(29)30/h2-9H,10H2,1H3,(H,25,26)(H,29,30). The van der Waals surface area contributed by atoms with Gasteiger partial charge in [-0.1, -0.05) is 11.6 Å². The first-order valence-electron chi connectivity index (χ1n) is 9.30. The Morgan fingerprint density at radius 1 is 1.19 bits per heavy atom. The molecule has 0 spiro atoms. The molecule has 9 nitrogen and oxygen atoms in total. The van der Waals surface area contributed by atoms with E-state index in [9.17, 15) is 4.79 Å². The van der Waals surface area contributed by atoms with Gasteiger partial charge in [-0.05, 0) is 31.2 Å². The number of ether oxygens (including phenoxy) is 1. The topological polar surface area (TPSA) is 119 Å². The van der Waals surface area contributed by atoms with E-state index in [1.165, 1.54) is 10.9 Å². The van der Waals surface area contributed by atoms with Crippen LogP contribution in [-0.2, 0) is 11.3 Å². The Bertz CT molecular complexity index is 1460. The van der Waals surface area contributed by atoms with Crippen LogP contribution in [0.1, 0.15) is 5.82 Å². The fraction of sp³-hybridized carbons (Fsp3) is 0.0952. The SMILES string of the molecule is Cc1nc2ccc(Oc3ccc4ncc(-c5cnn(CC(=O)O)c5)nc4c3Cl)cc2[nH]1. The molecule has 3 heterocycles. The second kappa shape index (κ2) is 7.37. The van der Waals surface area contributed by atoms with Crippen LogP contribution in [0.4, 0.5) is 0 Å². The molecule has 5 aromatic rings. The number of carboxylic acid groups (broad SMARTS) is 1. The molecule has 0 unspecified atom stereocenters. The largest absolute Gasteiger partial charge is 0.480 e. The van der Waals surface area contributed by atoms with Crippen molar-refractivity contribution in [2.45, 2.75) is 13.5 Å². The van der Waals surface area contributed by atoms with Gasteiger partial charge < -0.3 is 14.8 Å². The van der Waals surface area contributed by atoms with Crippen LogP contribution in [0.15, 0.2) is 48.9 Å². The van der Waals surface area contributed by atoms with Gasteiger partial charge in [-0.15, -0.1) is 0 Å². The molecule has 5 rings (SSSR count). The Morgan fingerprint density at radius 3 is 2.87 bits per heavy atom. The quantitative estimate of drug-likeness (QED) is 0.425. The number of H-pyrrole nitrogens is 1. The van der Waals surface area contributed by atoms with Gasteiger partial charge in [0.15, 0.2) is 0 Å². The number of nitrogens with zero attached hydrogens (tertiary/aromatic N) is 5. The van der Waals surface area contributed by atoms with Crippen LogP contribution in [0.5, 0.6) is 11.5 Å². The lowest BCUT2D eigenvalue weighted by Gasteiger charge is -2.10. The zero-order chi connectivity index (χ0) is 21.5. The van der Waals surface area contributed by atoms with Gasteiger partial charge in [0.1, 0.15) is 34.4 Å². The van der Waals surface area contributed by atoms with E-state index in [2.05, 4.69) is 25.0 Å². The lowest BCUT2D eigenvalue weighted by atomic mass is 10.2. The number of aryl methyl sites for hydroxylation is 1. The number of hydrogen-bond acceptors (Lipinski definition) is 6. The highest BCUT2D eigenvalue weighted by atomic mass is 35.5. The van der Waals surface area contributed by atoms with Crippen molar-refractivity contribution in [3.63, 3.8) is 0 Å². The molecule has 0 aliphatic rings. The maximum atomic E-state index is 10.9. The highest BCUT2D eigenvalue weighted by molar-refractivity contribution is 6.36. The van der Waals surface area contributed by atoms with Crippen molar-refractivity contribution in [2.24, 2.45) is 0 Å². The average Bonchev–Trinajstić information content (AvgIpc) is 3.34. The van der Waals surface area contributed by atoms with Gasteiger partial charge in [0, 0.05) is 17.8 Å². The second-order valence-electron chi connectivity index (χ2n) is 6.92. The van der Waals surface area contributed by atoms with Crippen molar-refractivity contribution < 1.29 is 14.6 Å². The van der Waals surface area contributed by atoms with Crippen molar-refractivity contribution in [2.75, 3.05) is 0 Å². The van der Waals surface area contributed by atoms with Crippen LogP contribution >= 0.6 is 11.6 Å². The summed E-state index contributed by atoms with van der Waals surface area (Å²) in [6.45, 7) is 1.66. The summed E-state index contributed by atoms with van der Waals surface area (Å²) in [6, 6.07) is 9.07. The molecule has 31 heavy (non-hydrogen) atoms. The minimum atomic E-state index is -0.979. The molecule has 2 aromatic carbocycles. The van der Waals surface area contributed by atoms with E-state index in [1.54, 1.807) is 24.5 Å². The molecule has 0 bridgehead atoms. The smallest absolute Gasteiger partial charge is 0.325 e. The summed E-state index contributed by atoms with van der Waals surface area (Å²) in [5.41, 5.74) is 3.97. The highest BCUT2D eigenvalue weighted by Crippen LogP contribution is 2.35. The van der Waals surface area contributed by atoms with Gasteiger partial charge in [-0.25, -0.2) is 9.97 Å². The molecule has 0 radical (unpaired) electrons. The number of imidazole rings is 1. The summed E-state index contributed by atoms with van der Waals surface area (Å²) in [6.07, 6.45) is 4.73. The number of aromatic nitrogens is 6. The van der Waals surface area contributed by atoms with E-state index in [-0.39, 0.29) is 6.54 Å². The third-order valence-corrected chi connectivity index (χ3v) is 5.01. The van der Waals surface area contributed by atoms with Crippen LogP contribution < -0.4 is 4.74 Å². The van der Waals surface area contributed by atoms with Gasteiger partial charge in [-0.2, -0.15) is 5.10 Å². The van der Waals surface area contributed by atoms with Crippen LogP contribution in [0, 0.1) is 6.92 Å². The molecule has 3 aromatic heterocycles. The first-order chi connectivity index (χ1) is 15.0. The van der Waals surface area contributed by atoms with Crippen LogP contribution in [-0.4, -0.2) is 40.8 Å². The third-order valence-electron chi connectivity index (χ3n) is 4.64. The molecule has 0 fully saturated rings. The van der Waals surface area contributed by atoms with Gasteiger partial charge in [-0.3, -0.25) is 14.5 Å². The Balaban J connectivity index is 1.50. The maximum absolute atomic E-state index is 10.9. The van der Waals surface area contributed by atoms with Gasteiger partial charge >= 0.3 is 5.97 Å². The highest BCUT2D eigenvalue weighted by Gasteiger charge is 2.14. The summed E-state index contributed by atoms with van der Waals surface area (Å²) >= 11 is 6.60. The molecule has 0 saturated heterocycles. The number of carboxylic acids is 1. The number of rotatable bonds is 5. The third kappa shape index (κ3) is 3.66. The van der Waals surface area contributed by atoms with Crippen molar-refractivity contribution >= 4 is 39.6 Å². The lowest BCUT2D eigenvalue weighted by molar-refractivity contribution is -0.137. The second-order valence-corrected chi connectivity index (χ2v) is 7.30. The van der Waals surface area contributed by atoms with Gasteiger partial charge in [0.2, 0.25) is 0 Å². The monoisotopic (exact) mass is 434 g/mol. The van der Waals surface area contributed by atoms with Crippen molar-refractivity contribution in [3.05, 3.63) is 59.8 Å². The summed E-state index contributed by atoms with van der Waals surface area (Å²) in [5.74, 6) is 0.896. The number of aliphatic carboxylic acids is 1. The fourth-order valence-electron chi connectivity index (χ4n) is 3.27. The van der Waals surface area contributed by atoms with E-state index in [4.69, 9.17) is 21.4 Å². The Kier molecular flexibility index (Phi) is 4.52. The van der Waals surface area contributed by atoms with E-state index in [1.807, 2.05) is 25.1 Å². The normalized spacial score (nSPS) is 11.3. The summed E-state index contributed by atoms with van der Waals surface area (Å²) < 4.78 is 7.32. The molecular weight excluding hydrogens is 420 g/mol. The first kappa shape index (κ1) is 19.0. The minimum Gasteiger partial charge on any atom is -0.480 e. The Labute approximate surface area is 180 Å². The fourth-order valence-corrected chi connectivity index (χ4v) is 3.51. The summed E-state index contributed by atoms with van der Waals surface area (Å²) in [5, 5.41) is 13.3. The zero-order valence-corrected chi connectivity index (χ0v) is 17.0. The number of carbonyl (C=O) groups is 1. The van der Waals surface area contributed by atoms with Crippen molar-refractivity contribution in [1.29, 1.82) is 0 Å². The van der Waals surface area contributed by atoms with E-state index in [0.29, 0.717) is 38.8 Å². The number of halogens is 1. The van der Waals surface area contributed by atoms with Crippen LogP contribution in [0.2, 0.25) is 5.02 Å². The lowest BCUT2D eigenvalue weighted by Crippen LogP contribution is -2.08. The van der Waals surface area contributed by atoms with Gasteiger partial charge in [0.25, 0.3) is 0 Å². The number of benzene rings is 2. The van der Waals surface area contributed by atoms with Crippen molar-refractivity contribution in [3.8, 4) is 22.8 Å². The van der Waals surface area contributed by atoms with Gasteiger partial charge in [0.05, 0.1) is 34.6 Å². The number of fused-ring (bicyclic) bond motifs is 2. The van der Waals surface area contributed by atoms with Crippen LogP contribution in [0.25, 0.3) is 33.3 Å². The zero-order valence-electron chi connectivity index (χ0n) is 16.2. The molecular formula is C21H15ClN6O3. The molecule has 0 amide bonds. The van der Waals surface area contributed by atoms with E-state index in [0.717, 1.165) is 16.9 Å². The minimum absolute atomic E-state index is 0.236. The molecule has 0 saturated carbocycles. The molecule has 2 N–H and O–H groups in total. The Morgan fingerprint density at radius 2 is 2.03 bits per heavy atom. The number of nitrogens with one attached hydrogen (secondary N) is 1. The molecule has 154 valence electrons. The first-order valence-corrected chi connectivity index (χ1v) is 9.68. The van der Waals surface area contributed by atoms with Crippen LogP contribution in [0.3, 0.4) is 0 Å². The number of aromatic amines is 1. The predicted molar refractivity (Wildman–Crippen MR) is 114 cm³/mol. The summed E-state index contributed by atoms with van der Waals surface area (Å²) in [7, 11) is 0. The Hall–Kier alpha value is -3.98. The summed E-state index contributed by atoms with van der Waals surface area (Å²) in [4.78, 5) is 27.4. The average molecular weight is 435 g/mol. The molecule has 0 aliphatic heterocycles. The van der Waals surface area contributed by atoms with Crippen molar-refractivity contribution in [1.82, 2.24) is 29.7 Å². The predicted octanol–water partition coefficient (Wildman–Crippen LogP) is 4.21. The van der Waals surface area contributed by atoms with E-state index >= 15 is 0 Å². The number of hydrogen-bond donors (Lipinski definition) is 2. The maximum Gasteiger partial charge on any atom is 0.325 e. The molecule has 10 heteroatoms. The molecule has 0 atom stereocenters. The molecule has 0 aliphatic carbocycles.